The molecule has 27 heavy (non-hydrogen) atoms. The Bertz CT molecular complexity index is 793. The zero-order valence-electron chi connectivity index (χ0n) is 15.7. The van der Waals surface area contributed by atoms with Crippen LogP contribution in [0.5, 0.6) is 0 Å². The van der Waals surface area contributed by atoms with Crippen molar-refractivity contribution in [2.45, 2.75) is 44.7 Å². The van der Waals surface area contributed by atoms with Gasteiger partial charge < -0.3 is 10.6 Å². The molecule has 1 atom stereocenters. The fourth-order valence-corrected chi connectivity index (χ4v) is 2.80. The predicted molar refractivity (Wildman–Crippen MR) is 108 cm³/mol. The molecular weight excluding hydrogens is 336 g/mol. The molecule has 2 aromatic rings. The van der Waals surface area contributed by atoms with E-state index in [1.54, 1.807) is 18.2 Å². The first-order valence-electron chi connectivity index (χ1n) is 9.53. The second-order valence-corrected chi connectivity index (χ2v) is 7.14. The van der Waals surface area contributed by atoms with Crippen LogP contribution in [0.3, 0.4) is 0 Å². The maximum Gasteiger partial charge on any atom is 0.251 e. The Morgan fingerprint density at radius 3 is 2.44 bits per heavy atom. The number of hydrogen-bond donors (Lipinski definition) is 2. The molecule has 2 aromatic carbocycles. The highest BCUT2D eigenvalue weighted by Gasteiger charge is 2.23. The van der Waals surface area contributed by atoms with E-state index in [2.05, 4.69) is 22.8 Å². The molecule has 0 heterocycles. The Morgan fingerprint density at radius 1 is 1.07 bits per heavy atom. The Hall–Kier alpha value is -2.88. The molecular formula is C23H26N2O2. The van der Waals surface area contributed by atoms with Gasteiger partial charge in [-0.2, -0.15) is 0 Å². The maximum absolute atomic E-state index is 12.1. The third-order valence-electron chi connectivity index (χ3n) is 4.61. The van der Waals surface area contributed by atoms with Crippen LogP contribution in [0.15, 0.2) is 60.7 Å². The predicted octanol–water partition coefficient (Wildman–Crippen LogP) is 3.73. The summed E-state index contributed by atoms with van der Waals surface area (Å²) in [5, 5.41) is 5.95. The van der Waals surface area contributed by atoms with Crippen molar-refractivity contribution < 1.29 is 9.59 Å². The van der Waals surface area contributed by atoms with Gasteiger partial charge in [-0.3, -0.25) is 9.59 Å². The number of aryl methyl sites for hydroxylation is 1. The van der Waals surface area contributed by atoms with Crippen LogP contribution in [-0.2, 0) is 11.2 Å². The fourth-order valence-electron chi connectivity index (χ4n) is 2.80. The summed E-state index contributed by atoms with van der Waals surface area (Å²) in [5.41, 5.74) is 2.82. The first-order valence-corrected chi connectivity index (χ1v) is 9.53. The summed E-state index contributed by atoms with van der Waals surface area (Å²) in [4.78, 5) is 24.0. The van der Waals surface area contributed by atoms with E-state index in [0.717, 1.165) is 31.2 Å². The van der Waals surface area contributed by atoms with Gasteiger partial charge in [0.15, 0.2) is 0 Å². The summed E-state index contributed by atoms with van der Waals surface area (Å²) < 4.78 is 0. The number of hydrogen-bond acceptors (Lipinski definition) is 2. The first-order chi connectivity index (χ1) is 13.1. The van der Waals surface area contributed by atoms with Crippen molar-refractivity contribution in [1.29, 1.82) is 0 Å². The SMILES string of the molecule is CC(CCc1ccccc1)NC(=O)/C=C/c1ccc(C(=O)NC2CC2)cc1. The Kier molecular flexibility index (Phi) is 6.42. The van der Waals surface area contributed by atoms with Crippen LogP contribution in [0, 0.1) is 0 Å². The summed E-state index contributed by atoms with van der Waals surface area (Å²) in [6, 6.07) is 18.0. The highest BCUT2D eigenvalue weighted by Crippen LogP contribution is 2.19. The van der Waals surface area contributed by atoms with E-state index in [0.29, 0.717) is 11.6 Å². The molecule has 4 nitrogen and oxygen atoms in total. The Morgan fingerprint density at radius 2 is 1.78 bits per heavy atom. The zero-order chi connectivity index (χ0) is 19.1. The fraction of sp³-hybridized carbons (Fsp3) is 0.304. The normalized spacial score (nSPS) is 14.7. The maximum atomic E-state index is 12.1. The standard InChI is InChI=1S/C23H26N2O2/c1-17(7-8-18-5-3-2-4-6-18)24-22(26)16-11-19-9-12-20(13-10-19)23(27)25-21-14-15-21/h2-6,9-13,16-17,21H,7-8,14-15H2,1H3,(H,24,26)(H,25,27)/b16-11+. The highest BCUT2D eigenvalue weighted by atomic mass is 16.2. The molecule has 1 saturated carbocycles. The molecule has 0 aromatic heterocycles. The number of nitrogens with one attached hydrogen (secondary N) is 2. The lowest BCUT2D eigenvalue weighted by Crippen LogP contribution is -2.31. The Balaban J connectivity index is 1.43. The van der Waals surface area contributed by atoms with Gasteiger partial charge in [-0.25, -0.2) is 0 Å². The average Bonchev–Trinajstić information content (AvgIpc) is 3.50. The van der Waals surface area contributed by atoms with Gasteiger partial charge in [0.1, 0.15) is 0 Å². The van der Waals surface area contributed by atoms with E-state index in [9.17, 15) is 9.59 Å². The largest absolute Gasteiger partial charge is 0.350 e. The summed E-state index contributed by atoms with van der Waals surface area (Å²) in [6.45, 7) is 2.02. The number of carbonyl (C=O) groups is 2. The quantitative estimate of drug-likeness (QED) is 0.703. The molecule has 0 spiro atoms. The molecule has 0 aliphatic heterocycles. The highest BCUT2D eigenvalue weighted by molar-refractivity contribution is 5.95. The summed E-state index contributed by atoms with van der Waals surface area (Å²) in [7, 11) is 0. The minimum Gasteiger partial charge on any atom is -0.350 e. The number of rotatable bonds is 8. The van der Waals surface area contributed by atoms with Gasteiger partial charge in [-0.05, 0) is 61.9 Å². The van der Waals surface area contributed by atoms with E-state index in [4.69, 9.17) is 0 Å². The molecule has 1 fully saturated rings. The minimum absolute atomic E-state index is 0.0296. The molecule has 3 rings (SSSR count). The topological polar surface area (TPSA) is 58.2 Å². The van der Waals surface area contributed by atoms with Gasteiger partial charge in [0.2, 0.25) is 5.91 Å². The minimum atomic E-state index is -0.105. The molecule has 2 N–H and O–H groups in total. The lowest BCUT2D eigenvalue weighted by atomic mass is 10.1. The first kappa shape index (κ1) is 18.9. The number of carbonyl (C=O) groups excluding carboxylic acids is 2. The van der Waals surface area contributed by atoms with Crippen molar-refractivity contribution in [1.82, 2.24) is 10.6 Å². The van der Waals surface area contributed by atoms with Crippen LogP contribution in [0.4, 0.5) is 0 Å². The molecule has 4 heteroatoms. The molecule has 1 aliphatic rings. The summed E-state index contributed by atoms with van der Waals surface area (Å²) in [6.07, 6.45) is 7.29. The van der Waals surface area contributed by atoms with Crippen LogP contribution >= 0.6 is 0 Å². The van der Waals surface area contributed by atoms with Crippen molar-refractivity contribution in [2.24, 2.45) is 0 Å². The zero-order valence-corrected chi connectivity index (χ0v) is 15.7. The van der Waals surface area contributed by atoms with Crippen molar-refractivity contribution in [3.63, 3.8) is 0 Å². The smallest absolute Gasteiger partial charge is 0.251 e. The van der Waals surface area contributed by atoms with Crippen LogP contribution in [0.25, 0.3) is 6.08 Å². The Labute approximate surface area is 160 Å². The van der Waals surface area contributed by atoms with Crippen molar-refractivity contribution in [2.75, 3.05) is 0 Å². The monoisotopic (exact) mass is 362 g/mol. The van der Waals surface area contributed by atoms with Gasteiger partial charge in [0.25, 0.3) is 5.91 Å². The van der Waals surface area contributed by atoms with E-state index in [-0.39, 0.29) is 17.9 Å². The van der Waals surface area contributed by atoms with Crippen LogP contribution < -0.4 is 10.6 Å². The summed E-state index contributed by atoms with van der Waals surface area (Å²) >= 11 is 0. The molecule has 2 amide bonds. The lowest BCUT2D eigenvalue weighted by molar-refractivity contribution is -0.117. The van der Waals surface area contributed by atoms with Crippen LogP contribution in [0.2, 0.25) is 0 Å². The molecule has 1 unspecified atom stereocenters. The van der Waals surface area contributed by atoms with Gasteiger partial charge in [0.05, 0.1) is 0 Å². The van der Waals surface area contributed by atoms with E-state index in [1.807, 2.05) is 37.3 Å². The van der Waals surface area contributed by atoms with E-state index >= 15 is 0 Å². The van der Waals surface area contributed by atoms with Crippen molar-refractivity contribution in [3.05, 3.63) is 77.4 Å². The van der Waals surface area contributed by atoms with Gasteiger partial charge in [-0.15, -0.1) is 0 Å². The second kappa shape index (κ2) is 9.17. The van der Waals surface area contributed by atoms with Crippen LogP contribution in [-0.4, -0.2) is 23.9 Å². The van der Waals surface area contributed by atoms with Crippen LogP contribution in [0.1, 0.15) is 47.7 Å². The molecule has 0 radical (unpaired) electrons. The number of amides is 2. The molecule has 0 bridgehead atoms. The van der Waals surface area contributed by atoms with Crippen molar-refractivity contribution >= 4 is 17.9 Å². The number of benzene rings is 2. The second-order valence-electron chi connectivity index (χ2n) is 7.14. The molecule has 140 valence electrons. The lowest BCUT2D eigenvalue weighted by Gasteiger charge is -2.12. The van der Waals surface area contributed by atoms with Gasteiger partial charge >= 0.3 is 0 Å². The molecule has 0 saturated heterocycles. The van der Waals surface area contributed by atoms with Gasteiger partial charge in [0, 0.05) is 23.7 Å². The van der Waals surface area contributed by atoms with Gasteiger partial charge in [-0.1, -0.05) is 42.5 Å². The average molecular weight is 362 g/mol. The van der Waals surface area contributed by atoms with Crippen molar-refractivity contribution in [3.8, 4) is 0 Å². The third-order valence-corrected chi connectivity index (χ3v) is 4.61. The third kappa shape index (κ3) is 6.41. The molecule has 1 aliphatic carbocycles. The van der Waals surface area contributed by atoms with E-state index < -0.39 is 0 Å². The van der Waals surface area contributed by atoms with E-state index in [1.165, 1.54) is 11.6 Å². The summed E-state index contributed by atoms with van der Waals surface area (Å²) in [5.74, 6) is -0.135.